The zero-order valence-corrected chi connectivity index (χ0v) is 21.3. The normalized spacial score (nSPS) is 9.93. The average Bonchev–Trinajstić information content (AvgIpc) is 3.50. The number of nitro groups is 4. The first kappa shape index (κ1) is 31.2. The minimum Gasteiger partial charge on any atom is -0.508 e. The highest BCUT2D eigenvalue weighted by Gasteiger charge is 2.18. The molecule has 0 bridgehead atoms. The van der Waals surface area contributed by atoms with Crippen molar-refractivity contribution in [3.8, 4) is 11.5 Å². The monoisotopic (exact) mass is 574 g/mol. The molecule has 4 rings (SSSR count). The van der Waals surface area contributed by atoms with Crippen LogP contribution in [0.5, 0.6) is 11.5 Å². The Labute approximate surface area is 229 Å². The number of aromatic nitrogens is 4. The van der Waals surface area contributed by atoms with E-state index in [1.165, 1.54) is 84.2 Å². The summed E-state index contributed by atoms with van der Waals surface area (Å²) < 4.78 is 7.94. The van der Waals surface area contributed by atoms with Gasteiger partial charge in [0.25, 0.3) is 11.4 Å². The largest absolute Gasteiger partial charge is 0.508 e. The predicted molar refractivity (Wildman–Crippen MR) is 138 cm³/mol. The standard InChI is InChI=1S/C11H10N4O5.C6H5NO3.C5H7N3O3/c1-13-9(6-12-11(13)15(18)19)7-20-10-4-2-8(3-5-10)14(16)17;8-6-3-1-5(2-4-6)7(9)10;1-7-4(3-9)2-6-5(7)8(10)11/h2-6H,7H2,1H3;1-4,8H;2,9H,3H2,1H3. The molecule has 0 fully saturated rings. The van der Waals surface area contributed by atoms with E-state index in [0.717, 1.165) is 0 Å². The van der Waals surface area contributed by atoms with Crippen molar-refractivity contribution in [3.63, 3.8) is 0 Å². The lowest BCUT2D eigenvalue weighted by atomic mass is 10.3. The van der Waals surface area contributed by atoms with Gasteiger partial charge in [-0.1, -0.05) is 9.97 Å². The van der Waals surface area contributed by atoms with Crippen LogP contribution in [0, 0.1) is 40.5 Å². The van der Waals surface area contributed by atoms with E-state index in [4.69, 9.17) is 14.9 Å². The van der Waals surface area contributed by atoms with E-state index in [9.17, 15) is 40.5 Å². The molecule has 4 aromatic rings. The van der Waals surface area contributed by atoms with Crippen LogP contribution in [0.1, 0.15) is 11.4 Å². The number of phenols is 1. The molecule has 2 aromatic heterocycles. The van der Waals surface area contributed by atoms with Crippen LogP contribution in [0.25, 0.3) is 0 Å². The molecule has 0 aliphatic rings. The van der Waals surface area contributed by atoms with Crippen LogP contribution in [0.15, 0.2) is 60.9 Å². The second-order valence-corrected chi connectivity index (χ2v) is 7.70. The second kappa shape index (κ2) is 14.2. The summed E-state index contributed by atoms with van der Waals surface area (Å²) in [7, 11) is 3.00. The van der Waals surface area contributed by atoms with Gasteiger partial charge in [-0.15, -0.1) is 0 Å². The fraction of sp³-hybridized carbons (Fsp3) is 0.182. The molecule has 0 amide bonds. The van der Waals surface area contributed by atoms with E-state index < -0.39 is 19.7 Å². The molecule has 216 valence electrons. The van der Waals surface area contributed by atoms with Crippen molar-refractivity contribution in [2.75, 3.05) is 0 Å². The summed E-state index contributed by atoms with van der Waals surface area (Å²) in [6.07, 6.45) is 2.63. The van der Waals surface area contributed by atoms with Crippen LogP contribution in [-0.4, -0.2) is 49.0 Å². The summed E-state index contributed by atoms with van der Waals surface area (Å²) >= 11 is 0. The number of aliphatic hydroxyl groups excluding tert-OH is 1. The number of phenolic OH excluding ortho intramolecular Hbond substituents is 1. The van der Waals surface area contributed by atoms with Crippen molar-refractivity contribution in [2.24, 2.45) is 14.1 Å². The number of benzene rings is 2. The summed E-state index contributed by atoms with van der Waals surface area (Å²) in [5.41, 5.74) is 0.901. The van der Waals surface area contributed by atoms with Gasteiger partial charge >= 0.3 is 11.9 Å². The maximum atomic E-state index is 10.6. The van der Waals surface area contributed by atoms with Crippen LogP contribution in [-0.2, 0) is 27.3 Å². The van der Waals surface area contributed by atoms with Crippen molar-refractivity contribution >= 4 is 23.3 Å². The van der Waals surface area contributed by atoms with Crippen LogP contribution >= 0.6 is 0 Å². The molecule has 0 aliphatic carbocycles. The Bertz CT molecular complexity index is 1520. The van der Waals surface area contributed by atoms with Gasteiger partial charge in [-0.05, 0) is 34.1 Å². The summed E-state index contributed by atoms with van der Waals surface area (Å²) in [6, 6.07) is 10.6. The lowest BCUT2D eigenvalue weighted by molar-refractivity contribution is -0.396. The molecule has 0 unspecified atom stereocenters. The number of imidazole rings is 2. The quantitative estimate of drug-likeness (QED) is 0.227. The zero-order valence-electron chi connectivity index (χ0n) is 21.3. The third kappa shape index (κ3) is 8.78. The van der Waals surface area contributed by atoms with E-state index in [2.05, 4.69) is 9.97 Å². The van der Waals surface area contributed by atoms with Crippen molar-refractivity contribution in [1.29, 1.82) is 0 Å². The second-order valence-electron chi connectivity index (χ2n) is 7.70. The molecular weight excluding hydrogens is 552 g/mol. The van der Waals surface area contributed by atoms with Gasteiger partial charge in [0.05, 0.1) is 23.9 Å². The molecular formula is C22H22N8O11. The molecule has 0 saturated carbocycles. The average molecular weight is 574 g/mol. The van der Waals surface area contributed by atoms with Gasteiger partial charge in [0.2, 0.25) is 0 Å². The molecule has 0 spiro atoms. The number of hydrogen-bond acceptors (Lipinski definition) is 13. The van der Waals surface area contributed by atoms with E-state index in [1.807, 2.05) is 0 Å². The van der Waals surface area contributed by atoms with Gasteiger partial charge < -0.3 is 35.2 Å². The fourth-order valence-electron chi connectivity index (χ4n) is 2.88. The SMILES string of the molecule is Cn1c(CO)cnc1[N+](=O)[O-].Cn1c(COc2ccc([N+](=O)[O-])cc2)cnc1[N+](=O)[O-].O=[N+]([O-])c1ccc(O)cc1. The first-order valence-corrected chi connectivity index (χ1v) is 11.1. The number of nitrogens with zero attached hydrogens (tertiary/aromatic N) is 8. The number of rotatable bonds is 8. The lowest BCUT2D eigenvalue weighted by Crippen LogP contribution is -2.04. The molecule has 2 heterocycles. The minimum atomic E-state index is -0.598. The topological polar surface area (TPSA) is 258 Å². The molecule has 0 atom stereocenters. The highest BCUT2D eigenvalue weighted by atomic mass is 16.6. The molecule has 19 heteroatoms. The number of nitro benzene ring substituents is 2. The first-order chi connectivity index (χ1) is 19.3. The number of aliphatic hydroxyl groups is 1. The minimum absolute atomic E-state index is 0.0159. The van der Waals surface area contributed by atoms with E-state index >= 15 is 0 Å². The Morgan fingerprint density at radius 1 is 0.707 bits per heavy atom. The number of non-ortho nitro benzene ring substituents is 2. The van der Waals surface area contributed by atoms with Crippen LogP contribution < -0.4 is 4.74 Å². The third-order valence-corrected chi connectivity index (χ3v) is 5.10. The molecule has 0 saturated heterocycles. The van der Waals surface area contributed by atoms with Gasteiger partial charge in [-0.25, -0.2) is 9.13 Å². The summed E-state index contributed by atoms with van der Waals surface area (Å²) in [5.74, 6) is -0.0635. The van der Waals surface area contributed by atoms with E-state index in [-0.39, 0.29) is 42.2 Å². The molecule has 41 heavy (non-hydrogen) atoms. The Morgan fingerprint density at radius 3 is 1.49 bits per heavy atom. The highest BCUT2D eigenvalue weighted by molar-refractivity contribution is 5.36. The summed E-state index contributed by atoms with van der Waals surface area (Å²) in [5, 5.41) is 58.7. The highest BCUT2D eigenvalue weighted by Crippen LogP contribution is 2.19. The van der Waals surface area contributed by atoms with Crippen molar-refractivity contribution in [3.05, 3.63) is 113 Å². The number of ether oxygens (including phenoxy) is 1. The summed E-state index contributed by atoms with van der Waals surface area (Å²) in [4.78, 5) is 46.3. The molecule has 2 aromatic carbocycles. The van der Waals surface area contributed by atoms with Crippen LogP contribution in [0.4, 0.5) is 23.3 Å². The Kier molecular flexibility index (Phi) is 10.9. The van der Waals surface area contributed by atoms with Gasteiger partial charge in [-0.2, -0.15) is 0 Å². The van der Waals surface area contributed by atoms with Gasteiger partial charge in [0.15, 0.2) is 5.69 Å². The molecule has 0 radical (unpaired) electrons. The van der Waals surface area contributed by atoms with Crippen molar-refractivity contribution < 1.29 is 34.6 Å². The predicted octanol–water partition coefficient (Wildman–Crippen LogP) is 2.94. The lowest BCUT2D eigenvalue weighted by Gasteiger charge is -2.04. The van der Waals surface area contributed by atoms with Crippen LogP contribution in [0.2, 0.25) is 0 Å². The Balaban J connectivity index is 0.000000236. The number of aromatic hydroxyl groups is 1. The number of hydrogen-bond donors (Lipinski definition) is 2. The van der Waals surface area contributed by atoms with Gasteiger partial charge in [0, 0.05) is 24.3 Å². The van der Waals surface area contributed by atoms with Gasteiger partial charge in [-0.3, -0.25) is 20.2 Å². The zero-order chi connectivity index (χ0) is 30.7. The fourth-order valence-corrected chi connectivity index (χ4v) is 2.88. The third-order valence-electron chi connectivity index (χ3n) is 5.10. The smallest absolute Gasteiger partial charge is 0.434 e. The first-order valence-electron chi connectivity index (χ1n) is 11.1. The van der Waals surface area contributed by atoms with Crippen LogP contribution in [0.3, 0.4) is 0 Å². The molecule has 0 aliphatic heterocycles. The van der Waals surface area contributed by atoms with E-state index in [1.54, 1.807) is 0 Å². The summed E-state index contributed by atoms with van der Waals surface area (Å²) in [6.45, 7) is -0.160. The Morgan fingerprint density at radius 2 is 1.12 bits per heavy atom. The maximum Gasteiger partial charge on any atom is 0.434 e. The van der Waals surface area contributed by atoms with E-state index in [0.29, 0.717) is 17.1 Å². The molecule has 19 nitrogen and oxygen atoms in total. The maximum absolute atomic E-state index is 10.6. The molecule has 2 N–H and O–H groups in total. The van der Waals surface area contributed by atoms with Crippen molar-refractivity contribution in [2.45, 2.75) is 13.2 Å². The van der Waals surface area contributed by atoms with Gasteiger partial charge in [0.1, 0.15) is 42.8 Å². The van der Waals surface area contributed by atoms with Crippen molar-refractivity contribution in [1.82, 2.24) is 19.1 Å². The Hall–Kier alpha value is -5.98.